The lowest BCUT2D eigenvalue weighted by Crippen LogP contribution is -2.28. The van der Waals surface area contributed by atoms with Crippen molar-refractivity contribution < 1.29 is 4.92 Å². The molecule has 0 amide bonds. The van der Waals surface area contributed by atoms with Crippen molar-refractivity contribution in [2.75, 3.05) is 5.73 Å². The molecule has 10 heteroatoms. The summed E-state index contributed by atoms with van der Waals surface area (Å²) in [6.07, 6.45) is 2.61. The minimum Gasteiger partial charge on any atom is -0.369 e. The third kappa shape index (κ3) is 1.93. The number of nitrogens with two attached hydrogens (primary N) is 1. The van der Waals surface area contributed by atoms with Crippen molar-refractivity contribution in [3.05, 3.63) is 44.8 Å². The second-order valence-corrected chi connectivity index (χ2v) is 4.49. The van der Waals surface area contributed by atoms with Gasteiger partial charge in [0.2, 0.25) is 5.95 Å². The molecule has 3 aromatic rings. The molecule has 0 saturated carbocycles. The summed E-state index contributed by atoms with van der Waals surface area (Å²) in [6.45, 7) is 1.69. The molecule has 1 atom stereocenters. The first kappa shape index (κ1) is 12.8. The molecule has 0 aliphatic carbocycles. The van der Waals surface area contributed by atoms with Gasteiger partial charge in [0.05, 0.1) is 23.5 Å². The third-order valence-corrected chi connectivity index (χ3v) is 3.25. The third-order valence-electron chi connectivity index (χ3n) is 3.25. The molecule has 10 nitrogen and oxygen atoms in total. The minimum atomic E-state index is -0.542. The van der Waals surface area contributed by atoms with E-state index in [1.165, 1.54) is 23.2 Å². The van der Waals surface area contributed by atoms with Crippen LogP contribution in [-0.4, -0.2) is 29.4 Å². The largest absolute Gasteiger partial charge is 0.369 e. The maximum atomic E-state index is 12.4. The SMILES string of the molecule is CC(c1cc([N+](=O)[O-])c[nH]1)n1c(N)nc2[nH]cnc2c1=O. The number of hydrogen-bond donors (Lipinski definition) is 3. The molecule has 4 N–H and O–H groups in total. The first-order valence-electron chi connectivity index (χ1n) is 6.03. The van der Waals surface area contributed by atoms with Gasteiger partial charge in [0.1, 0.15) is 0 Å². The predicted molar refractivity (Wildman–Crippen MR) is 73.8 cm³/mol. The number of hydrogen-bond acceptors (Lipinski definition) is 6. The molecule has 0 aromatic carbocycles. The number of nitrogens with one attached hydrogen (secondary N) is 2. The average Bonchev–Trinajstić information content (AvgIpc) is 3.06. The van der Waals surface area contributed by atoms with Gasteiger partial charge in [-0.25, -0.2) is 4.98 Å². The highest BCUT2D eigenvalue weighted by molar-refractivity contribution is 5.69. The van der Waals surface area contributed by atoms with Crippen LogP contribution in [0.5, 0.6) is 0 Å². The quantitative estimate of drug-likeness (QED) is 0.473. The molecular formula is C11H11N7O3. The molecule has 1 unspecified atom stereocenters. The van der Waals surface area contributed by atoms with Gasteiger partial charge >= 0.3 is 0 Å². The van der Waals surface area contributed by atoms with Crippen LogP contribution in [0.25, 0.3) is 11.2 Å². The van der Waals surface area contributed by atoms with Gasteiger partial charge < -0.3 is 15.7 Å². The molecule has 0 bridgehead atoms. The van der Waals surface area contributed by atoms with Gasteiger partial charge in [0.15, 0.2) is 11.2 Å². The predicted octanol–water partition coefficient (Wildman–Crippen LogP) is 0.547. The van der Waals surface area contributed by atoms with Crippen molar-refractivity contribution >= 4 is 22.8 Å². The summed E-state index contributed by atoms with van der Waals surface area (Å²) < 4.78 is 1.23. The van der Waals surface area contributed by atoms with E-state index < -0.39 is 16.5 Å². The number of nitrogens with zero attached hydrogens (tertiary/aromatic N) is 4. The molecule has 3 rings (SSSR count). The van der Waals surface area contributed by atoms with Crippen molar-refractivity contribution in [1.29, 1.82) is 0 Å². The highest BCUT2D eigenvalue weighted by atomic mass is 16.6. The van der Waals surface area contributed by atoms with Gasteiger partial charge in [-0.3, -0.25) is 19.5 Å². The van der Waals surface area contributed by atoms with E-state index in [-0.39, 0.29) is 17.2 Å². The number of nitro groups is 1. The Hall–Kier alpha value is -3.17. The minimum absolute atomic E-state index is 0.00139. The summed E-state index contributed by atoms with van der Waals surface area (Å²) in [4.78, 5) is 36.0. The number of H-pyrrole nitrogens is 2. The fraction of sp³-hybridized carbons (Fsp3) is 0.182. The fourth-order valence-electron chi connectivity index (χ4n) is 2.18. The molecule has 0 spiro atoms. The van der Waals surface area contributed by atoms with Crippen LogP contribution in [-0.2, 0) is 0 Å². The van der Waals surface area contributed by atoms with Crippen LogP contribution >= 0.6 is 0 Å². The van der Waals surface area contributed by atoms with Crippen LogP contribution < -0.4 is 11.3 Å². The Kier molecular flexibility index (Phi) is 2.71. The van der Waals surface area contributed by atoms with Crippen molar-refractivity contribution in [3.8, 4) is 0 Å². The Morgan fingerprint density at radius 2 is 2.24 bits per heavy atom. The highest BCUT2D eigenvalue weighted by Crippen LogP contribution is 2.22. The second-order valence-electron chi connectivity index (χ2n) is 4.49. The Morgan fingerprint density at radius 1 is 1.48 bits per heavy atom. The van der Waals surface area contributed by atoms with Crippen molar-refractivity contribution in [2.24, 2.45) is 0 Å². The summed E-state index contributed by atoms with van der Waals surface area (Å²) in [7, 11) is 0. The number of nitrogen functional groups attached to an aromatic ring is 1. The zero-order chi connectivity index (χ0) is 15.1. The van der Waals surface area contributed by atoms with Crippen LogP contribution in [0.15, 0.2) is 23.4 Å². The van der Waals surface area contributed by atoms with E-state index in [4.69, 9.17) is 5.73 Å². The molecule has 0 aliphatic rings. The Balaban J connectivity index is 2.14. The summed E-state index contributed by atoms with van der Waals surface area (Å²) in [5, 5.41) is 10.7. The summed E-state index contributed by atoms with van der Waals surface area (Å²) in [5.41, 5.74) is 6.26. The van der Waals surface area contributed by atoms with Gasteiger partial charge in [-0.1, -0.05) is 0 Å². The molecule has 0 radical (unpaired) electrons. The highest BCUT2D eigenvalue weighted by Gasteiger charge is 2.20. The van der Waals surface area contributed by atoms with E-state index >= 15 is 0 Å². The lowest BCUT2D eigenvalue weighted by Gasteiger charge is -2.15. The normalized spacial score (nSPS) is 12.6. The van der Waals surface area contributed by atoms with Crippen LogP contribution in [0.2, 0.25) is 0 Å². The number of aromatic amines is 2. The molecule has 0 fully saturated rings. The Morgan fingerprint density at radius 3 is 2.90 bits per heavy atom. The molecule has 0 aliphatic heterocycles. The van der Waals surface area contributed by atoms with E-state index in [1.54, 1.807) is 6.92 Å². The van der Waals surface area contributed by atoms with Gasteiger partial charge in [-0.05, 0) is 6.92 Å². The summed E-state index contributed by atoms with van der Waals surface area (Å²) in [5.74, 6) is 0.00139. The van der Waals surface area contributed by atoms with Gasteiger partial charge in [0, 0.05) is 11.8 Å². The topological polar surface area (TPSA) is 149 Å². The smallest absolute Gasteiger partial charge is 0.287 e. The van der Waals surface area contributed by atoms with Crippen molar-refractivity contribution in [1.82, 2.24) is 24.5 Å². The molecule has 3 aromatic heterocycles. The number of rotatable bonds is 3. The first-order valence-corrected chi connectivity index (χ1v) is 6.03. The first-order chi connectivity index (χ1) is 9.99. The number of fused-ring (bicyclic) bond motifs is 1. The monoisotopic (exact) mass is 289 g/mol. The van der Waals surface area contributed by atoms with E-state index in [0.717, 1.165) is 0 Å². The summed E-state index contributed by atoms with van der Waals surface area (Å²) >= 11 is 0. The van der Waals surface area contributed by atoms with Gasteiger partial charge in [-0.2, -0.15) is 4.98 Å². The van der Waals surface area contributed by atoms with E-state index in [9.17, 15) is 14.9 Å². The second kappa shape index (κ2) is 4.44. The van der Waals surface area contributed by atoms with Crippen molar-refractivity contribution in [3.63, 3.8) is 0 Å². The maximum Gasteiger partial charge on any atom is 0.287 e. The van der Waals surface area contributed by atoms with Crippen LogP contribution in [0.4, 0.5) is 11.6 Å². The number of aromatic nitrogens is 5. The standard InChI is InChI=1S/C11H11N7O3/c1-5(7-2-6(3-13-7)18(20)21)17-10(19)8-9(15-4-14-8)16-11(17)12/h2-5,13H,1H3,(H2,12,16)(H,14,15). The lowest BCUT2D eigenvalue weighted by atomic mass is 10.2. The van der Waals surface area contributed by atoms with E-state index in [1.807, 2.05) is 0 Å². The molecule has 0 saturated heterocycles. The number of anilines is 1. The zero-order valence-electron chi connectivity index (χ0n) is 10.9. The Labute approximate surface area is 116 Å². The molecule has 108 valence electrons. The van der Waals surface area contributed by atoms with Gasteiger partial charge in [0.25, 0.3) is 11.2 Å². The fourth-order valence-corrected chi connectivity index (χ4v) is 2.18. The number of imidazole rings is 1. The van der Waals surface area contributed by atoms with E-state index in [2.05, 4.69) is 19.9 Å². The molecule has 3 heterocycles. The molecule has 21 heavy (non-hydrogen) atoms. The zero-order valence-corrected chi connectivity index (χ0v) is 10.9. The van der Waals surface area contributed by atoms with Gasteiger partial charge in [-0.15, -0.1) is 0 Å². The molecular weight excluding hydrogens is 278 g/mol. The van der Waals surface area contributed by atoms with E-state index in [0.29, 0.717) is 11.3 Å². The Bertz CT molecular complexity index is 891. The maximum absolute atomic E-state index is 12.4. The van der Waals surface area contributed by atoms with Crippen LogP contribution in [0.1, 0.15) is 18.7 Å². The average molecular weight is 289 g/mol. The lowest BCUT2D eigenvalue weighted by molar-refractivity contribution is -0.384. The summed E-state index contributed by atoms with van der Waals surface area (Å²) in [6, 6.07) is 0.811. The van der Waals surface area contributed by atoms with Crippen LogP contribution in [0, 0.1) is 10.1 Å². The van der Waals surface area contributed by atoms with Crippen molar-refractivity contribution in [2.45, 2.75) is 13.0 Å². The van der Waals surface area contributed by atoms with Crippen LogP contribution in [0.3, 0.4) is 0 Å².